The number of rotatable bonds is 6. The fraction of sp³-hybridized carbons (Fsp3) is 0.500. The summed E-state index contributed by atoms with van der Waals surface area (Å²) in [5.74, 6) is -0.164. The quantitative estimate of drug-likeness (QED) is 0.818. The monoisotopic (exact) mass is 289 g/mol. The number of pyridine rings is 1. The van der Waals surface area contributed by atoms with Crippen LogP contribution in [0.25, 0.3) is 0 Å². The van der Waals surface area contributed by atoms with E-state index < -0.39 is 6.10 Å². The van der Waals surface area contributed by atoms with Gasteiger partial charge in [-0.25, -0.2) is 0 Å². The highest BCUT2D eigenvalue weighted by Crippen LogP contribution is 2.27. The Labute approximate surface area is 126 Å². The molecule has 1 aromatic heterocycles. The molecule has 5 heteroatoms. The van der Waals surface area contributed by atoms with E-state index in [4.69, 9.17) is 4.74 Å². The zero-order valence-electron chi connectivity index (χ0n) is 12.5. The van der Waals surface area contributed by atoms with Crippen LogP contribution in [0.5, 0.6) is 0 Å². The lowest BCUT2D eigenvalue weighted by Crippen LogP contribution is -2.32. The number of hydrogen-bond acceptors (Lipinski definition) is 4. The second-order valence-corrected chi connectivity index (χ2v) is 5.19. The van der Waals surface area contributed by atoms with E-state index in [2.05, 4.69) is 21.8 Å². The Hall–Kier alpha value is -1.88. The number of nitrogens with one attached hydrogen (secondary N) is 1. The molecule has 1 aliphatic heterocycles. The van der Waals surface area contributed by atoms with Crippen molar-refractivity contribution in [2.75, 3.05) is 29.9 Å². The van der Waals surface area contributed by atoms with E-state index in [1.165, 1.54) is 19.3 Å². The first-order valence-corrected chi connectivity index (χ1v) is 7.44. The number of aromatic nitrogens is 1. The first kappa shape index (κ1) is 15.5. The third-order valence-electron chi connectivity index (χ3n) is 3.59. The van der Waals surface area contributed by atoms with E-state index in [1.54, 1.807) is 25.4 Å². The minimum Gasteiger partial charge on any atom is -0.370 e. The number of piperidine rings is 1. The molecule has 1 fully saturated rings. The van der Waals surface area contributed by atoms with Gasteiger partial charge in [-0.15, -0.1) is 6.58 Å². The van der Waals surface area contributed by atoms with E-state index in [9.17, 15) is 4.79 Å². The summed E-state index contributed by atoms with van der Waals surface area (Å²) in [6.07, 6.45) is 8.22. The van der Waals surface area contributed by atoms with Gasteiger partial charge in [-0.3, -0.25) is 9.78 Å². The van der Waals surface area contributed by atoms with Crippen LogP contribution in [0.4, 0.5) is 11.4 Å². The maximum atomic E-state index is 12.1. The molecule has 0 unspecified atom stereocenters. The summed E-state index contributed by atoms with van der Waals surface area (Å²) in [6.45, 7) is 7.72. The van der Waals surface area contributed by atoms with Crippen molar-refractivity contribution in [3.63, 3.8) is 0 Å². The largest absolute Gasteiger partial charge is 0.370 e. The highest BCUT2D eigenvalue weighted by molar-refractivity contribution is 5.96. The highest BCUT2D eigenvalue weighted by atomic mass is 16.5. The number of nitrogens with zero attached hydrogens (tertiary/aromatic N) is 2. The molecule has 114 valence electrons. The second-order valence-electron chi connectivity index (χ2n) is 5.19. The number of hydrogen-bond donors (Lipinski definition) is 1. The predicted octanol–water partition coefficient (Wildman–Crippen LogP) is 2.60. The van der Waals surface area contributed by atoms with Crippen LogP contribution in [0.2, 0.25) is 0 Å². The van der Waals surface area contributed by atoms with Gasteiger partial charge in [0, 0.05) is 19.3 Å². The smallest absolute Gasteiger partial charge is 0.253 e. The molecule has 2 rings (SSSR count). The molecule has 0 bridgehead atoms. The topological polar surface area (TPSA) is 54.5 Å². The molecule has 1 atom stereocenters. The second kappa shape index (κ2) is 7.78. The standard InChI is InChI=1S/C16H23N3O2/c1-3-11-21-13(2)16(20)18-14-12-17-8-7-15(14)19-9-5-4-6-10-19/h3,7-8,12-13H,1,4-6,9-11H2,2H3,(H,18,20)/t13-/m1/s1. The first-order valence-electron chi connectivity index (χ1n) is 7.44. The van der Waals surface area contributed by atoms with Crippen molar-refractivity contribution in [1.29, 1.82) is 0 Å². The Bertz CT molecular complexity index is 484. The summed E-state index contributed by atoms with van der Waals surface area (Å²) in [5, 5.41) is 2.91. The van der Waals surface area contributed by atoms with Crippen molar-refractivity contribution >= 4 is 17.3 Å². The van der Waals surface area contributed by atoms with E-state index in [0.717, 1.165) is 24.5 Å². The maximum Gasteiger partial charge on any atom is 0.253 e. The van der Waals surface area contributed by atoms with Crippen LogP contribution in [0.1, 0.15) is 26.2 Å². The summed E-state index contributed by atoms with van der Waals surface area (Å²) < 4.78 is 5.35. The summed E-state index contributed by atoms with van der Waals surface area (Å²) in [5.41, 5.74) is 1.78. The van der Waals surface area contributed by atoms with Gasteiger partial charge >= 0.3 is 0 Å². The van der Waals surface area contributed by atoms with Gasteiger partial charge in [-0.05, 0) is 32.3 Å². The molecular weight excluding hydrogens is 266 g/mol. The van der Waals surface area contributed by atoms with Crippen LogP contribution in [-0.4, -0.2) is 36.7 Å². The Kier molecular flexibility index (Phi) is 5.75. The van der Waals surface area contributed by atoms with Gasteiger partial charge in [0.2, 0.25) is 0 Å². The van der Waals surface area contributed by atoms with Crippen LogP contribution < -0.4 is 10.2 Å². The molecule has 1 aromatic rings. The van der Waals surface area contributed by atoms with Crippen LogP contribution in [-0.2, 0) is 9.53 Å². The van der Waals surface area contributed by atoms with Crippen LogP contribution in [0.15, 0.2) is 31.1 Å². The Morgan fingerprint density at radius 1 is 1.52 bits per heavy atom. The van der Waals surface area contributed by atoms with Crippen molar-refractivity contribution in [1.82, 2.24) is 4.98 Å². The molecule has 0 aliphatic carbocycles. The van der Waals surface area contributed by atoms with E-state index >= 15 is 0 Å². The molecule has 1 aliphatic rings. The van der Waals surface area contributed by atoms with Gasteiger partial charge in [-0.2, -0.15) is 0 Å². The summed E-state index contributed by atoms with van der Waals surface area (Å²) in [7, 11) is 0. The van der Waals surface area contributed by atoms with Crippen molar-refractivity contribution < 1.29 is 9.53 Å². The van der Waals surface area contributed by atoms with Crippen molar-refractivity contribution in [3.05, 3.63) is 31.1 Å². The predicted molar refractivity (Wildman–Crippen MR) is 84.5 cm³/mol. The van der Waals surface area contributed by atoms with Crippen molar-refractivity contribution in [3.8, 4) is 0 Å². The van der Waals surface area contributed by atoms with Crippen LogP contribution in [0, 0.1) is 0 Å². The van der Waals surface area contributed by atoms with Gasteiger partial charge in [0.15, 0.2) is 0 Å². The van der Waals surface area contributed by atoms with Gasteiger partial charge in [0.1, 0.15) is 6.10 Å². The number of anilines is 2. The average molecular weight is 289 g/mol. The van der Waals surface area contributed by atoms with Crippen molar-refractivity contribution in [2.45, 2.75) is 32.3 Å². The van der Waals surface area contributed by atoms with Crippen LogP contribution >= 0.6 is 0 Å². The zero-order valence-corrected chi connectivity index (χ0v) is 12.5. The van der Waals surface area contributed by atoms with E-state index in [1.807, 2.05) is 6.07 Å². The lowest BCUT2D eigenvalue weighted by Gasteiger charge is -2.30. The third kappa shape index (κ3) is 4.29. The maximum absolute atomic E-state index is 12.1. The third-order valence-corrected chi connectivity index (χ3v) is 3.59. The highest BCUT2D eigenvalue weighted by Gasteiger charge is 2.18. The molecule has 1 amide bonds. The SMILES string of the molecule is C=CCO[C@H](C)C(=O)Nc1cnccc1N1CCCCC1. The van der Waals surface area contributed by atoms with Crippen molar-refractivity contribution in [2.24, 2.45) is 0 Å². The fourth-order valence-electron chi connectivity index (χ4n) is 2.42. The minimum absolute atomic E-state index is 0.164. The Morgan fingerprint density at radius 2 is 2.29 bits per heavy atom. The minimum atomic E-state index is -0.516. The zero-order chi connectivity index (χ0) is 15.1. The molecule has 1 N–H and O–H groups in total. The normalized spacial score (nSPS) is 16.3. The lowest BCUT2D eigenvalue weighted by atomic mass is 10.1. The Balaban J connectivity index is 2.05. The number of carbonyl (C=O) groups is 1. The lowest BCUT2D eigenvalue weighted by molar-refractivity contribution is -0.125. The number of carbonyl (C=O) groups excluding carboxylic acids is 1. The average Bonchev–Trinajstić information content (AvgIpc) is 2.54. The summed E-state index contributed by atoms with van der Waals surface area (Å²) in [6, 6.07) is 1.95. The molecule has 21 heavy (non-hydrogen) atoms. The molecular formula is C16H23N3O2. The number of amides is 1. The van der Waals surface area contributed by atoms with Gasteiger partial charge in [0.25, 0.3) is 5.91 Å². The summed E-state index contributed by atoms with van der Waals surface area (Å²) in [4.78, 5) is 18.6. The molecule has 0 radical (unpaired) electrons. The molecule has 0 saturated carbocycles. The molecule has 0 spiro atoms. The van der Waals surface area contributed by atoms with Gasteiger partial charge in [-0.1, -0.05) is 6.08 Å². The molecule has 1 saturated heterocycles. The van der Waals surface area contributed by atoms with E-state index in [0.29, 0.717) is 6.61 Å². The van der Waals surface area contributed by atoms with Gasteiger partial charge < -0.3 is 15.0 Å². The molecule has 2 heterocycles. The van der Waals surface area contributed by atoms with E-state index in [-0.39, 0.29) is 5.91 Å². The van der Waals surface area contributed by atoms with Gasteiger partial charge in [0.05, 0.1) is 24.2 Å². The summed E-state index contributed by atoms with van der Waals surface area (Å²) >= 11 is 0. The first-order chi connectivity index (χ1) is 10.2. The van der Waals surface area contributed by atoms with Crippen LogP contribution in [0.3, 0.4) is 0 Å². The molecule has 0 aromatic carbocycles. The molecule has 5 nitrogen and oxygen atoms in total. The number of ether oxygens (including phenoxy) is 1. The fourth-order valence-corrected chi connectivity index (χ4v) is 2.42. The Morgan fingerprint density at radius 3 is 3.00 bits per heavy atom.